The molecule has 1 fully saturated rings. The summed E-state index contributed by atoms with van der Waals surface area (Å²) in [5.74, 6) is 3.01. The molecule has 2 atom stereocenters. The van der Waals surface area contributed by atoms with Crippen LogP contribution < -0.4 is 5.32 Å². The lowest BCUT2D eigenvalue weighted by molar-refractivity contribution is 0.434. The van der Waals surface area contributed by atoms with Gasteiger partial charge in [0.05, 0.1) is 0 Å². The standard InChI is InChI=1S/C13H18FNOS/c1-9(15-7-10-4-5-17-8-10)12-6-11(14)2-3-13(12)16/h2-3,6,9-10,15-16H,4-5,7-8H2,1H3. The number of hydrogen-bond donors (Lipinski definition) is 2. The third-order valence-corrected chi connectivity index (χ3v) is 4.42. The molecule has 0 saturated carbocycles. The molecule has 2 N–H and O–H groups in total. The summed E-state index contributed by atoms with van der Waals surface area (Å²) in [4.78, 5) is 0. The molecule has 0 aliphatic carbocycles. The number of rotatable bonds is 4. The Morgan fingerprint density at radius 2 is 2.41 bits per heavy atom. The smallest absolute Gasteiger partial charge is 0.123 e. The Kier molecular flexibility index (Phi) is 4.29. The Balaban J connectivity index is 1.93. The van der Waals surface area contributed by atoms with Crippen LogP contribution in [0.3, 0.4) is 0 Å². The maximum atomic E-state index is 13.1. The molecule has 1 aromatic rings. The van der Waals surface area contributed by atoms with E-state index in [0.717, 1.165) is 6.54 Å². The van der Waals surface area contributed by atoms with Gasteiger partial charge in [0.2, 0.25) is 0 Å². The van der Waals surface area contributed by atoms with Crippen molar-refractivity contribution in [2.45, 2.75) is 19.4 Å². The van der Waals surface area contributed by atoms with Gasteiger partial charge in [-0.05, 0) is 55.5 Å². The number of hydrogen-bond acceptors (Lipinski definition) is 3. The van der Waals surface area contributed by atoms with Crippen molar-refractivity contribution in [2.24, 2.45) is 5.92 Å². The van der Waals surface area contributed by atoms with Crippen LogP contribution in [0.4, 0.5) is 4.39 Å². The van der Waals surface area contributed by atoms with Crippen LogP contribution in [0, 0.1) is 11.7 Å². The number of benzene rings is 1. The second kappa shape index (κ2) is 5.74. The third-order valence-electron chi connectivity index (χ3n) is 3.19. The van der Waals surface area contributed by atoms with Crippen molar-refractivity contribution in [2.75, 3.05) is 18.1 Å². The highest BCUT2D eigenvalue weighted by Gasteiger charge is 2.17. The lowest BCUT2D eigenvalue weighted by Crippen LogP contribution is -2.25. The Labute approximate surface area is 106 Å². The van der Waals surface area contributed by atoms with Gasteiger partial charge in [0, 0.05) is 11.6 Å². The average molecular weight is 255 g/mol. The maximum absolute atomic E-state index is 13.1. The van der Waals surface area contributed by atoms with Crippen molar-refractivity contribution >= 4 is 11.8 Å². The van der Waals surface area contributed by atoms with Crippen molar-refractivity contribution in [3.63, 3.8) is 0 Å². The molecule has 2 unspecified atom stereocenters. The molecule has 4 heteroatoms. The molecule has 2 nitrogen and oxygen atoms in total. The van der Waals surface area contributed by atoms with Crippen molar-refractivity contribution < 1.29 is 9.50 Å². The van der Waals surface area contributed by atoms with Crippen molar-refractivity contribution in [3.05, 3.63) is 29.6 Å². The molecular formula is C13H18FNOS. The van der Waals surface area contributed by atoms with E-state index in [1.807, 2.05) is 18.7 Å². The van der Waals surface area contributed by atoms with Crippen LogP contribution in [0.25, 0.3) is 0 Å². The van der Waals surface area contributed by atoms with Gasteiger partial charge in [-0.3, -0.25) is 0 Å². The van der Waals surface area contributed by atoms with E-state index in [1.54, 1.807) is 0 Å². The second-order valence-corrected chi connectivity index (χ2v) is 5.71. The van der Waals surface area contributed by atoms with E-state index in [4.69, 9.17) is 0 Å². The molecule has 0 amide bonds. The molecule has 1 aromatic carbocycles. The molecule has 0 spiro atoms. The first-order valence-electron chi connectivity index (χ1n) is 5.96. The molecule has 1 saturated heterocycles. The van der Waals surface area contributed by atoms with E-state index in [0.29, 0.717) is 11.5 Å². The predicted molar refractivity (Wildman–Crippen MR) is 69.9 cm³/mol. The minimum Gasteiger partial charge on any atom is -0.508 e. The Morgan fingerprint density at radius 1 is 1.59 bits per heavy atom. The monoisotopic (exact) mass is 255 g/mol. The molecule has 0 bridgehead atoms. The number of aromatic hydroxyl groups is 1. The number of phenolic OH excluding ortho intramolecular Hbond substituents is 1. The van der Waals surface area contributed by atoms with Crippen LogP contribution in [-0.2, 0) is 0 Å². The van der Waals surface area contributed by atoms with Crippen LogP contribution >= 0.6 is 11.8 Å². The lowest BCUT2D eigenvalue weighted by Gasteiger charge is -2.18. The Morgan fingerprint density at radius 3 is 3.12 bits per heavy atom. The minimum absolute atomic E-state index is 0.0173. The van der Waals surface area contributed by atoms with Gasteiger partial charge in [0.1, 0.15) is 11.6 Å². The highest BCUT2D eigenvalue weighted by atomic mass is 32.2. The summed E-state index contributed by atoms with van der Waals surface area (Å²) in [5.41, 5.74) is 0.635. The predicted octanol–water partition coefficient (Wildman–Crippen LogP) is 2.94. The molecule has 1 heterocycles. The van der Waals surface area contributed by atoms with Crippen LogP contribution in [0.5, 0.6) is 5.75 Å². The second-order valence-electron chi connectivity index (χ2n) is 4.56. The van der Waals surface area contributed by atoms with E-state index < -0.39 is 0 Å². The molecule has 1 aliphatic heterocycles. The summed E-state index contributed by atoms with van der Waals surface area (Å²) in [6, 6.07) is 4.07. The van der Waals surface area contributed by atoms with E-state index in [9.17, 15) is 9.50 Å². The zero-order valence-corrected chi connectivity index (χ0v) is 10.8. The fourth-order valence-corrected chi connectivity index (χ4v) is 3.35. The van der Waals surface area contributed by atoms with Gasteiger partial charge in [0.15, 0.2) is 0 Å². The summed E-state index contributed by atoms with van der Waals surface area (Å²) in [5, 5.41) is 13.1. The minimum atomic E-state index is -0.303. The van der Waals surface area contributed by atoms with Gasteiger partial charge in [-0.25, -0.2) is 4.39 Å². The van der Waals surface area contributed by atoms with Crippen LogP contribution in [0.15, 0.2) is 18.2 Å². The molecule has 1 aliphatic rings. The van der Waals surface area contributed by atoms with Gasteiger partial charge in [0.25, 0.3) is 0 Å². The number of thioether (sulfide) groups is 1. The largest absolute Gasteiger partial charge is 0.508 e. The molecule has 2 rings (SSSR count). The van der Waals surface area contributed by atoms with E-state index in [-0.39, 0.29) is 17.6 Å². The molecule has 0 aromatic heterocycles. The highest BCUT2D eigenvalue weighted by molar-refractivity contribution is 7.99. The quantitative estimate of drug-likeness (QED) is 0.867. The fourth-order valence-electron chi connectivity index (χ4n) is 2.07. The lowest BCUT2D eigenvalue weighted by atomic mass is 10.0. The first-order chi connectivity index (χ1) is 8.16. The topological polar surface area (TPSA) is 32.3 Å². The summed E-state index contributed by atoms with van der Waals surface area (Å²) in [7, 11) is 0. The first-order valence-corrected chi connectivity index (χ1v) is 7.12. The number of phenols is 1. The number of nitrogens with one attached hydrogen (secondary N) is 1. The molecule has 17 heavy (non-hydrogen) atoms. The molecule has 94 valence electrons. The van der Waals surface area contributed by atoms with Gasteiger partial charge in [-0.1, -0.05) is 0 Å². The maximum Gasteiger partial charge on any atom is 0.123 e. The molecular weight excluding hydrogens is 237 g/mol. The Bertz CT molecular complexity index is 380. The fraction of sp³-hybridized carbons (Fsp3) is 0.538. The first kappa shape index (κ1) is 12.7. The van der Waals surface area contributed by atoms with E-state index in [2.05, 4.69) is 5.32 Å². The summed E-state index contributed by atoms with van der Waals surface area (Å²) in [6.07, 6.45) is 1.25. The molecule has 0 radical (unpaired) electrons. The van der Waals surface area contributed by atoms with Crippen LogP contribution in [-0.4, -0.2) is 23.2 Å². The van der Waals surface area contributed by atoms with Crippen molar-refractivity contribution in [1.29, 1.82) is 0 Å². The van der Waals surface area contributed by atoms with Gasteiger partial charge >= 0.3 is 0 Å². The Hall–Kier alpha value is -0.740. The highest BCUT2D eigenvalue weighted by Crippen LogP contribution is 2.26. The van der Waals surface area contributed by atoms with E-state index >= 15 is 0 Å². The van der Waals surface area contributed by atoms with Gasteiger partial charge in [-0.2, -0.15) is 11.8 Å². The van der Waals surface area contributed by atoms with E-state index in [1.165, 1.54) is 36.1 Å². The summed E-state index contributed by atoms with van der Waals surface area (Å²) >= 11 is 1.99. The average Bonchev–Trinajstić information content (AvgIpc) is 2.82. The number of halogens is 1. The zero-order valence-electron chi connectivity index (χ0n) is 9.95. The van der Waals surface area contributed by atoms with Crippen molar-refractivity contribution in [1.82, 2.24) is 5.32 Å². The summed E-state index contributed by atoms with van der Waals surface area (Å²) < 4.78 is 13.1. The van der Waals surface area contributed by atoms with Crippen molar-refractivity contribution in [3.8, 4) is 5.75 Å². The summed E-state index contributed by atoms with van der Waals surface area (Å²) in [6.45, 7) is 2.89. The van der Waals surface area contributed by atoms with Gasteiger partial charge in [-0.15, -0.1) is 0 Å². The van der Waals surface area contributed by atoms with Crippen LogP contribution in [0.2, 0.25) is 0 Å². The van der Waals surface area contributed by atoms with Gasteiger partial charge < -0.3 is 10.4 Å². The zero-order chi connectivity index (χ0) is 12.3. The third kappa shape index (κ3) is 3.36. The SMILES string of the molecule is CC(NCC1CCSC1)c1cc(F)ccc1O. The normalized spacial score (nSPS) is 21.6. The van der Waals surface area contributed by atoms with Crippen LogP contribution in [0.1, 0.15) is 24.9 Å².